The van der Waals surface area contributed by atoms with E-state index in [1.54, 1.807) is 0 Å². The van der Waals surface area contributed by atoms with Gasteiger partial charge in [-0.25, -0.2) is 0 Å². The van der Waals surface area contributed by atoms with Crippen LogP contribution in [0.15, 0.2) is 29.6 Å². The van der Waals surface area contributed by atoms with Gasteiger partial charge in [-0.2, -0.15) is 0 Å². The molecule has 3 N–H and O–H groups in total. The van der Waals surface area contributed by atoms with Crippen molar-refractivity contribution >= 4 is 21.4 Å². The van der Waals surface area contributed by atoms with Gasteiger partial charge in [0.05, 0.1) is 6.04 Å². The number of nitrogens with one attached hydrogen (secondary N) is 1. The highest BCUT2D eigenvalue weighted by molar-refractivity contribution is 7.17. The number of hydrogen-bond donors (Lipinski definition) is 2. The van der Waals surface area contributed by atoms with Crippen LogP contribution >= 0.6 is 11.3 Å². The second kappa shape index (κ2) is 5.84. The molecule has 1 aliphatic rings. The SMILES string of the molecule is CC1CC(C)CC(C(NN)c2csc3ccccc23)C1. The zero-order chi connectivity index (χ0) is 14.1. The molecule has 3 rings (SSSR count). The van der Waals surface area contributed by atoms with Crippen molar-refractivity contribution < 1.29 is 0 Å². The number of fused-ring (bicyclic) bond motifs is 1. The lowest BCUT2D eigenvalue weighted by atomic mass is 9.72. The van der Waals surface area contributed by atoms with Gasteiger partial charge in [0.25, 0.3) is 0 Å². The maximum atomic E-state index is 5.93. The van der Waals surface area contributed by atoms with Crippen LogP contribution in [0.4, 0.5) is 0 Å². The van der Waals surface area contributed by atoms with E-state index in [0.29, 0.717) is 5.92 Å². The van der Waals surface area contributed by atoms with Crippen LogP contribution in [0.1, 0.15) is 44.7 Å². The summed E-state index contributed by atoms with van der Waals surface area (Å²) in [5.74, 6) is 8.20. The van der Waals surface area contributed by atoms with E-state index in [2.05, 4.69) is 48.9 Å². The minimum absolute atomic E-state index is 0.288. The van der Waals surface area contributed by atoms with Crippen LogP contribution in [0.2, 0.25) is 0 Å². The fourth-order valence-electron chi connectivity index (χ4n) is 4.00. The fraction of sp³-hybridized carbons (Fsp3) is 0.529. The molecule has 2 nitrogen and oxygen atoms in total. The predicted octanol–water partition coefficient (Wildman–Crippen LogP) is 4.48. The first-order valence-electron chi connectivity index (χ1n) is 7.61. The van der Waals surface area contributed by atoms with E-state index >= 15 is 0 Å². The standard InChI is InChI=1S/C17H24N2S/c1-11-7-12(2)9-13(8-11)17(19-18)15-10-20-16-6-4-3-5-14(15)16/h3-6,10-13,17,19H,7-9,18H2,1-2H3. The summed E-state index contributed by atoms with van der Waals surface area (Å²) in [7, 11) is 0. The Bertz CT molecular complexity index is 567. The maximum absolute atomic E-state index is 5.93. The van der Waals surface area contributed by atoms with Gasteiger partial charge in [0.1, 0.15) is 0 Å². The molecule has 20 heavy (non-hydrogen) atoms. The van der Waals surface area contributed by atoms with Gasteiger partial charge in [0.15, 0.2) is 0 Å². The summed E-state index contributed by atoms with van der Waals surface area (Å²) in [6.45, 7) is 4.75. The van der Waals surface area contributed by atoms with Gasteiger partial charge in [-0.1, -0.05) is 32.0 Å². The Balaban J connectivity index is 1.93. The van der Waals surface area contributed by atoms with Crippen LogP contribution in [0.3, 0.4) is 0 Å². The molecule has 0 amide bonds. The molecule has 1 aliphatic carbocycles. The number of hydrogen-bond acceptors (Lipinski definition) is 3. The first-order valence-corrected chi connectivity index (χ1v) is 8.49. The lowest BCUT2D eigenvalue weighted by Gasteiger charge is -2.36. The van der Waals surface area contributed by atoms with Crippen molar-refractivity contribution in [2.75, 3.05) is 0 Å². The maximum Gasteiger partial charge on any atom is 0.0502 e. The summed E-state index contributed by atoms with van der Waals surface area (Å²) in [5, 5.41) is 3.66. The normalized spacial score (nSPS) is 28.6. The topological polar surface area (TPSA) is 38.0 Å². The number of rotatable bonds is 3. The van der Waals surface area contributed by atoms with Crippen molar-refractivity contribution in [3.05, 3.63) is 35.2 Å². The Hall–Kier alpha value is -0.900. The molecule has 0 bridgehead atoms. The van der Waals surface area contributed by atoms with Crippen LogP contribution in [0.5, 0.6) is 0 Å². The smallest absolute Gasteiger partial charge is 0.0502 e. The first-order chi connectivity index (χ1) is 9.69. The molecule has 3 unspecified atom stereocenters. The van der Waals surface area contributed by atoms with Crippen molar-refractivity contribution in [1.82, 2.24) is 5.43 Å². The monoisotopic (exact) mass is 288 g/mol. The van der Waals surface area contributed by atoms with Crippen molar-refractivity contribution in [3.63, 3.8) is 0 Å². The third kappa shape index (κ3) is 2.62. The average molecular weight is 288 g/mol. The van der Waals surface area contributed by atoms with Crippen LogP contribution in [0.25, 0.3) is 10.1 Å². The van der Waals surface area contributed by atoms with Gasteiger partial charge in [0.2, 0.25) is 0 Å². The zero-order valence-electron chi connectivity index (χ0n) is 12.3. The van der Waals surface area contributed by atoms with Crippen molar-refractivity contribution in [2.24, 2.45) is 23.6 Å². The molecule has 108 valence electrons. The third-order valence-electron chi connectivity index (χ3n) is 4.71. The summed E-state index contributed by atoms with van der Waals surface area (Å²) >= 11 is 1.83. The second-order valence-corrected chi connectivity index (χ2v) is 7.42. The Labute approximate surface area is 125 Å². The minimum atomic E-state index is 0.288. The van der Waals surface area contributed by atoms with Crippen LogP contribution in [0, 0.1) is 17.8 Å². The highest BCUT2D eigenvalue weighted by Crippen LogP contribution is 2.42. The van der Waals surface area contributed by atoms with Crippen LogP contribution in [-0.4, -0.2) is 0 Å². The molecule has 1 aromatic heterocycles. The molecule has 1 saturated carbocycles. The Morgan fingerprint density at radius 2 is 1.85 bits per heavy atom. The molecule has 0 spiro atoms. The Morgan fingerprint density at radius 1 is 1.15 bits per heavy atom. The number of benzene rings is 1. The number of thiophene rings is 1. The molecule has 0 saturated heterocycles. The highest BCUT2D eigenvalue weighted by Gasteiger charge is 2.31. The van der Waals surface area contributed by atoms with Crippen LogP contribution < -0.4 is 11.3 Å². The first kappa shape index (κ1) is 14.1. The zero-order valence-corrected chi connectivity index (χ0v) is 13.1. The van der Waals surface area contributed by atoms with Gasteiger partial charge in [-0.05, 0) is 59.4 Å². The van der Waals surface area contributed by atoms with Gasteiger partial charge >= 0.3 is 0 Å². The van der Waals surface area contributed by atoms with Crippen molar-refractivity contribution in [3.8, 4) is 0 Å². The molecule has 3 heteroatoms. The summed E-state index contributed by atoms with van der Waals surface area (Å²) < 4.78 is 1.36. The Morgan fingerprint density at radius 3 is 2.55 bits per heavy atom. The van der Waals surface area contributed by atoms with E-state index in [1.807, 2.05) is 11.3 Å². The molecule has 2 aromatic rings. The summed E-state index contributed by atoms with van der Waals surface area (Å²) in [6, 6.07) is 8.94. The molecule has 3 atom stereocenters. The van der Waals surface area contributed by atoms with Gasteiger partial charge in [-0.3, -0.25) is 11.3 Å². The molecular weight excluding hydrogens is 264 g/mol. The lowest BCUT2D eigenvalue weighted by molar-refractivity contribution is 0.177. The van der Waals surface area contributed by atoms with E-state index in [4.69, 9.17) is 5.84 Å². The fourth-order valence-corrected chi connectivity index (χ4v) is 5.00. The average Bonchev–Trinajstić information content (AvgIpc) is 2.83. The van der Waals surface area contributed by atoms with Crippen molar-refractivity contribution in [1.29, 1.82) is 0 Å². The molecule has 0 radical (unpaired) electrons. The molecule has 1 heterocycles. The van der Waals surface area contributed by atoms with Gasteiger partial charge in [-0.15, -0.1) is 11.3 Å². The van der Waals surface area contributed by atoms with E-state index in [0.717, 1.165) is 11.8 Å². The molecule has 0 aliphatic heterocycles. The molecule has 1 aromatic carbocycles. The van der Waals surface area contributed by atoms with Gasteiger partial charge in [0, 0.05) is 4.70 Å². The van der Waals surface area contributed by atoms with E-state index in [-0.39, 0.29) is 6.04 Å². The molecular formula is C17H24N2S. The largest absolute Gasteiger partial charge is 0.271 e. The summed E-state index contributed by atoms with van der Waals surface area (Å²) in [5.41, 5.74) is 4.50. The molecule has 1 fully saturated rings. The van der Waals surface area contributed by atoms with Crippen LogP contribution in [-0.2, 0) is 0 Å². The summed E-state index contributed by atoms with van der Waals surface area (Å²) in [6.07, 6.45) is 3.92. The number of hydrazine groups is 1. The predicted molar refractivity (Wildman–Crippen MR) is 87.6 cm³/mol. The minimum Gasteiger partial charge on any atom is -0.271 e. The lowest BCUT2D eigenvalue weighted by Crippen LogP contribution is -2.36. The summed E-state index contributed by atoms with van der Waals surface area (Å²) in [4.78, 5) is 0. The van der Waals surface area contributed by atoms with Gasteiger partial charge < -0.3 is 0 Å². The third-order valence-corrected chi connectivity index (χ3v) is 5.69. The van der Waals surface area contributed by atoms with E-state index < -0.39 is 0 Å². The van der Waals surface area contributed by atoms with E-state index in [1.165, 1.54) is 34.9 Å². The van der Waals surface area contributed by atoms with E-state index in [9.17, 15) is 0 Å². The quantitative estimate of drug-likeness (QED) is 0.645. The Kier molecular flexibility index (Phi) is 4.11. The number of nitrogens with two attached hydrogens (primary N) is 1. The highest BCUT2D eigenvalue weighted by atomic mass is 32.1. The van der Waals surface area contributed by atoms with Crippen molar-refractivity contribution in [2.45, 2.75) is 39.2 Å². The second-order valence-electron chi connectivity index (χ2n) is 6.51.